The summed E-state index contributed by atoms with van der Waals surface area (Å²) in [5, 5.41) is 2.55. The average Bonchev–Trinajstić information content (AvgIpc) is 3.57. The van der Waals surface area contributed by atoms with Gasteiger partial charge in [-0.05, 0) is 58.5 Å². The molecule has 6 aromatic carbocycles. The fraction of sp³-hybridized carbons (Fsp3) is 0.0909. The first kappa shape index (κ1) is 28.7. The van der Waals surface area contributed by atoms with E-state index in [-0.39, 0.29) is 5.41 Å². The van der Waals surface area contributed by atoms with Crippen LogP contribution in [0.25, 0.3) is 44.3 Å². The van der Waals surface area contributed by atoms with E-state index in [1.54, 1.807) is 0 Å². The minimum absolute atomic E-state index is 0.127. The van der Waals surface area contributed by atoms with Crippen molar-refractivity contribution in [1.29, 1.82) is 0 Å². The molecule has 47 heavy (non-hydrogen) atoms. The highest BCUT2D eigenvalue weighted by Crippen LogP contribution is 2.52. The molecule has 8 rings (SSSR count). The lowest BCUT2D eigenvalue weighted by atomic mass is 9.81. The molecule has 3 nitrogen and oxygen atoms in total. The number of fused-ring (bicyclic) bond motifs is 7. The molecule has 0 fully saturated rings. The molecule has 0 radical (unpaired) electrons. The van der Waals surface area contributed by atoms with Gasteiger partial charge in [0.1, 0.15) is 0 Å². The molecular formula is C44H35N3. The normalized spacial score (nSPS) is 13.9. The lowest BCUT2D eigenvalue weighted by Gasteiger charge is -2.23. The first-order valence-electron chi connectivity index (χ1n) is 16.1. The van der Waals surface area contributed by atoms with Crippen molar-refractivity contribution in [3.05, 3.63) is 180 Å². The molecule has 0 amide bonds. The molecule has 0 N–H and O–H groups in total. The number of hydrogen-bond donors (Lipinski definition) is 0. The Bertz CT molecular complexity index is 2370. The number of para-hydroxylation sites is 1. The van der Waals surface area contributed by atoms with Crippen LogP contribution in [-0.4, -0.2) is 16.1 Å². The molecule has 1 aliphatic carbocycles. The van der Waals surface area contributed by atoms with Crippen LogP contribution in [0.3, 0.4) is 0 Å². The summed E-state index contributed by atoms with van der Waals surface area (Å²) < 4.78 is 2.45. The SMILES string of the molecule is C=C(N=C(N=C(C)c1ccc(-n2c3ccccc3c3ccc4c(c32)C(C)(C)c2ccccc2-4)cc1)c1ccccc1)c1ccccc1. The quantitative estimate of drug-likeness (QED) is 0.138. The second-order valence-electron chi connectivity index (χ2n) is 12.8. The fourth-order valence-corrected chi connectivity index (χ4v) is 7.22. The summed E-state index contributed by atoms with van der Waals surface area (Å²) >= 11 is 0. The van der Waals surface area contributed by atoms with Gasteiger partial charge in [-0.15, -0.1) is 0 Å². The van der Waals surface area contributed by atoms with E-state index in [4.69, 9.17) is 9.98 Å². The zero-order chi connectivity index (χ0) is 32.1. The summed E-state index contributed by atoms with van der Waals surface area (Å²) in [7, 11) is 0. The summed E-state index contributed by atoms with van der Waals surface area (Å²) in [4.78, 5) is 9.97. The van der Waals surface area contributed by atoms with Gasteiger partial charge in [0.05, 0.1) is 16.7 Å². The van der Waals surface area contributed by atoms with Gasteiger partial charge in [-0.25, -0.2) is 9.98 Å². The first-order valence-corrected chi connectivity index (χ1v) is 16.1. The van der Waals surface area contributed by atoms with Crippen molar-refractivity contribution in [3.63, 3.8) is 0 Å². The number of aromatic nitrogens is 1. The van der Waals surface area contributed by atoms with Crippen LogP contribution in [0.1, 0.15) is 48.6 Å². The zero-order valence-electron chi connectivity index (χ0n) is 26.9. The summed E-state index contributed by atoms with van der Waals surface area (Å²) in [6.07, 6.45) is 0. The van der Waals surface area contributed by atoms with Gasteiger partial charge in [-0.2, -0.15) is 0 Å². The Balaban J connectivity index is 1.25. The number of aliphatic imine (C=N–C) groups is 2. The van der Waals surface area contributed by atoms with Crippen molar-refractivity contribution in [3.8, 4) is 16.8 Å². The number of nitrogens with zero attached hydrogens (tertiary/aromatic N) is 3. The van der Waals surface area contributed by atoms with E-state index in [0.717, 1.165) is 28.1 Å². The van der Waals surface area contributed by atoms with Crippen LogP contribution in [0.2, 0.25) is 0 Å². The highest BCUT2D eigenvalue weighted by Gasteiger charge is 2.38. The molecule has 0 atom stereocenters. The van der Waals surface area contributed by atoms with Crippen molar-refractivity contribution >= 4 is 39.1 Å². The molecule has 0 saturated heterocycles. The molecule has 0 aliphatic heterocycles. The van der Waals surface area contributed by atoms with Crippen molar-refractivity contribution in [2.45, 2.75) is 26.2 Å². The van der Waals surface area contributed by atoms with E-state index in [1.165, 1.54) is 44.1 Å². The minimum atomic E-state index is -0.127. The minimum Gasteiger partial charge on any atom is -0.309 e. The van der Waals surface area contributed by atoms with E-state index >= 15 is 0 Å². The van der Waals surface area contributed by atoms with Crippen molar-refractivity contribution in [2.75, 3.05) is 0 Å². The third-order valence-corrected chi connectivity index (χ3v) is 9.55. The summed E-state index contributed by atoms with van der Waals surface area (Å²) in [5.74, 6) is 0.640. The van der Waals surface area contributed by atoms with Gasteiger partial charge >= 0.3 is 0 Å². The maximum Gasteiger partial charge on any atom is 0.160 e. The van der Waals surface area contributed by atoms with Crippen LogP contribution in [0.4, 0.5) is 0 Å². The molecule has 1 heterocycles. The smallest absolute Gasteiger partial charge is 0.160 e. The Kier molecular flexibility index (Phi) is 6.84. The third-order valence-electron chi connectivity index (χ3n) is 9.55. The Morgan fingerprint density at radius 3 is 1.96 bits per heavy atom. The lowest BCUT2D eigenvalue weighted by Crippen LogP contribution is -2.16. The van der Waals surface area contributed by atoms with Crippen molar-refractivity contribution < 1.29 is 0 Å². The van der Waals surface area contributed by atoms with Crippen molar-refractivity contribution in [2.24, 2.45) is 9.98 Å². The second kappa shape index (κ2) is 11.2. The Hall–Kier alpha value is -5.80. The molecule has 3 heteroatoms. The largest absolute Gasteiger partial charge is 0.309 e. The van der Waals surface area contributed by atoms with Gasteiger partial charge in [0, 0.05) is 33.1 Å². The topological polar surface area (TPSA) is 29.6 Å². The van der Waals surface area contributed by atoms with Crippen LogP contribution >= 0.6 is 0 Å². The second-order valence-corrected chi connectivity index (χ2v) is 12.8. The van der Waals surface area contributed by atoms with Crippen LogP contribution in [0.5, 0.6) is 0 Å². The van der Waals surface area contributed by atoms with E-state index in [2.05, 4.69) is 110 Å². The van der Waals surface area contributed by atoms with Crippen LogP contribution < -0.4 is 0 Å². The monoisotopic (exact) mass is 605 g/mol. The van der Waals surface area contributed by atoms with E-state index < -0.39 is 0 Å². The molecule has 0 unspecified atom stereocenters. The molecule has 0 saturated carbocycles. The molecule has 1 aromatic heterocycles. The highest BCUT2D eigenvalue weighted by molar-refractivity contribution is 6.14. The summed E-state index contributed by atoms with van der Waals surface area (Å²) in [5.41, 5.74) is 13.4. The number of benzene rings is 6. The standard InChI is InChI=1S/C44H35N3/c1-29(31-15-7-5-8-16-31)45-43(33-17-9-6-10-18-33)46-30(2)32-23-25-34(26-24-32)47-40-22-14-12-20-36(40)38-28-27-37-35-19-11-13-21-39(35)44(3,4)41(37)42(38)47/h5-28H,1H2,2-4H3. The Labute approximate surface area is 275 Å². The Morgan fingerprint density at radius 2 is 1.21 bits per heavy atom. The lowest BCUT2D eigenvalue weighted by molar-refractivity contribution is 0.664. The molecule has 0 bridgehead atoms. The van der Waals surface area contributed by atoms with Gasteiger partial charge in [0.15, 0.2) is 5.84 Å². The Morgan fingerprint density at radius 1 is 0.574 bits per heavy atom. The number of rotatable bonds is 5. The maximum atomic E-state index is 5.06. The molecule has 0 spiro atoms. The maximum absolute atomic E-state index is 5.06. The van der Waals surface area contributed by atoms with Gasteiger partial charge in [0.2, 0.25) is 0 Å². The number of hydrogen-bond acceptors (Lipinski definition) is 1. The first-order chi connectivity index (χ1) is 22.9. The van der Waals surface area contributed by atoms with Gasteiger partial charge < -0.3 is 4.57 Å². The van der Waals surface area contributed by atoms with Gasteiger partial charge in [0.25, 0.3) is 0 Å². The van der Waals surface area contributed by atoms with Gasteiger partial charge in [-0.3, -0.25) is 0 Å². The predicted molar refractivity (Wildman–Crippen MR) is 199 cm³/mol. The number of amidine groups is 1. The summed E-state index contributed by atoms with van der Waals surface area (Å²) in [6.45, 7) is 11.0. The van der Waals surface area contributed by atoms with Crippen LogP contribution in [0, 0.1) is 0 Å². The molecular weight excluding hydrogens is 571 g/mol. The molecule has 1 aliphatic rings. The van der Waals surface area contributed by atoms with E-state index in [9.17, 15) is 0 Å². The van der Waals surface area contributed by atoms with Gasteiger partial charge in [-0.1, -0.05) is 148 Å². The highest BCUT2D eigenvalue weighted by atomic mass is 15.0. The van der Waals surface area contributed by atoms with Crippen molar-refractivity contribution in [1.82, 2.24) is 4.57 Å². The molecule has 226 valence electrons. The zero-order valence-corrected chi connectivity index (χ0v) is 26.9. The third kappa shape index (κ3) is 4.74. The fourth-order valence-electron chi connectivity index (χ4n) is 7.22. The predicted octanol–water partition coefficient (Wildman–Crippen LogP) is 11.0. The van der Waals surface area contributed by atoms with E-state index in [1.807, 2.05) is 67.6 Å². The summed E-state index contributed by atoms with van der Waals surface area (Å²) in [6, 6.07) is 51.2. The van der Waals surface area contributed by atoms with Crippen LogP contribution in [0.15, 0.2) is 162 Å². The van der Waals surface area contributed by atoms with E-state index in [0.29, 0.717) is 11.5 Å². The molecule has 7 aromatic rings. The average molecular weight is 606 g/mol. The van der Waals surface area contributed by atoms with Crippen LogP contribution in [-0.2, 0) is 5.41 Å².